The summed E-state index contributed by atoms with van der Waals surface area (Å²) in [5.41, 5.74) is -0.700. The quantitative estimate of drug-likeness (QED) is 0.767. The molecule has 118 valence electrons. The maximum atomic E-state index is 14.1. The zero-order valence-electron chi connectivity index (χ0n) is 11.6. The predicted molar refractivity (Wildman–Crippen MR) is 83.8 cm³/mol. The number of aromatic carboxylic acids is 1. The molecule has 0 bridgehead atoms. The van der Waals surface area contributed by atoms with Crippen molar-refractivity contribution < 1.29 is 22.7 Å². The molecule has 1 rings (SSSR count). The number of carbonyl (C=O) groups is 1. The number of hydrogen-bond donors (Lipinski definition) is 2. The van der Waals surface area contributed by atoms with Crippen LogP contribution in [-0.2, 0) is 10.0 Å². The number of sulfonamides is 1. The van der Waals surface area contributed by atoms with E-state index in [2.05, 4.69) is 20.7 Å². The zero-order valence-corrected chi connectivity index (χ0v) is 14.8. The van der Waals surface area contributed by atoms with Crippen molar-refractivity contribution in [3.05, 3.63) is 28.0 Å². The van der Waals surface area contributed by atoms with Gasteiger partial charge in [0.2, 0.25) is 10.0 Å². The normalized spacial score (nSPS) is 12.4. The van der Waals surface area contributed by atoms with Crippen LogP contribution in [0.1, 0.15) is 24.2 Å². The molecule has 1 aromatic carbocycles. The van der Waals surface area contributed by atoms with E-state index in [-0.39, 0.29) is 15.8 Å². The van der Waals surface area contributed by atoms with Gasteiger partial charge in [-0.2, -0.15) is 11.8 Å². The maximum absolute atomic E-state index is 14.1. The fourth-order valence-corrected chi connectivity index (χ4v) is 3.59. The Bertz CT molecular complexity index is 661. The molecular formula is C12H15BrFNO4S2. The van der Waals surface area contributed by atoms with Gasteiger partial charge in [0.05, 0.1) is 5.56 Å². The first-order valence-corrected chi connectivity index (χ1v) is 9.27. The summed E-state index contributed by atoms with van der Waals surface area (Å²) in [6.45, 7) is 3.76. The molecule has 0 unspecified atom stereocenters. The molecule has 1 aromatic rings. The minimum Gasteiger partial charge on any atom is -0.478 e. The standard InChI is InChI=1S/C12H15BrFNO4S2/c1-12(2,20-3)6-15-21(18,19)9-5-7(13)4-8(10(9)14)11(16)17/h4-5,15H,6H2,1-3H3,(H,16,17). The third-order valence-electron chi connectivity index (χ3n) is 2.76. The third kappa shape index (κ3) is 4.67. The van der Waals surface area contributed by atoms with Gasteiger partial charge in [-0.25, -0.2) is 22.3 Å². The van der Waals surface area contributed by atoms with Gasteiger partial charge in [-0.3, -0.25) is 0 Å². The second-order valence-corrected chi connectivity index (χ2v) is 9.02. The highest BCUT2D eigenvalue weighted by atomic mass is 79.9. The lowest BCUT2D eigenvalue weighted by Crippen LogP contribution is -2.36. The monoisotopic (exact) mass is 399 g/mol. The van der Waals surface area contributed by atoms with E-state index in [1.54, 1.807) is 0 Å². The van der Waals surface area contributed by atoms with Gasteiger partial charge in [0.1, 0.15) is 4.90 Å². The van der Waals surface area contributed by atoms with Gasteiger partial charge in [0.25, 0.3) is 0 Å². The van der Waals surface area contributed by atoms with Crippen LogP contribution in [0.15, 0.2) is 21.5 Å². The maximum Gasteiger partial charge on any atom is 0.338 e. The highest BCUT2D eigenvalue weighted by Gasteiger charge is 2.27. The van der Waals surface area contributed by atoms with Crippen LogP contribution in [0.3, 0.4) is 0 Å². The van der Waals surface area contributed by atoms with Crippen LogP contribution in [0.25, 0.3) is 0 Å². The molecule has 2 N–H and O–H groups in total. The van der Waals surface area contributed by atoms with Crippen molar-refractivity contribution in [2.24, 2.45) is 0 Å². The Hall–Kier alpha value is -0.640. The highest BCUT2D eigenvalue weighted by Crippen LogP contribution is 2.25. The zero-order chi connectivity index (χ0) is 16.4. The van der Waals surface area contributed by atoms with E-state index in [1.165, 1.54) is 11.8 Å². The van der Waals surface area contributed by atoms with Crippen LogP contribution in [0.5, 0.6) is 0 Å². The summed E-state index contributed by atoms with van der Waals surface area (Å²) < 4.78 is 40.5. The number of benzene rings is 1. The summed E-state index contributed by atoms with van der Waals surface area (Å²) in [7, 11) is -4.14. The molecule has 0 amide bonds. The van der Waals surface area contributed by atoms with Gasteiger partial charge in [0, 0.05) is 15.8 Å². The van der Waals surface area contributed by atoms with Crippen molar-refractivity contribution in [1.82, 2.24) is 4.72 Å². The Balaban J connectivity index is 3.23. The van der Waals surface area contributed by atoms with E-state index in [9.17, 15) is 17.6 Å². The molecule has 21 heavy (non-hydrogen) atoms. The van der Waals surface area contributed by atoms with E-state index in [1.807, 2.05) is 20.1 Å². The first-order chi connectivity index (χ1) is 9.50. The molecule has 5 nitrogen and oxygen atoms in total. The highest BCUT2D eigenvalue weighted by molar-refractivity contribution is 9.10. The molecule has 0 spiro atoms. The number of hydrogen-bond acceptors (Lipinski definition) is 4. The second kappa shape index (κ2) is 6.64. The minimum absolute atomic E-state index is 0.0882. The molecule has 0 heterocycles. The van der Waals surface area contributed by atoms with Gasteiger partial charge in [-0.15, -0.1) is 0 Å². The molecule has 0 saturated carbocycles. The fourth-order valence-electron chi connectivity index (χ4n) is 1.33. The number of rotatable bonds is 6. The van der Waals surface area contributed by atoms with Crippen molar-refractivity contribution >= 4 is 43.7 Å². The average Bonchev–Trinajstić information content (AvgIpc) is 2.38. The molecular weight excluding hydrogens is 385 g/mol. The molecule has 0 aromatic heterocycles. The Morgan fingerprint density at radius 2 is 2.05 bits per heavy atom. The van der Waals surface area contributed by atoms with Crippen molar-refractivity contribution in [2.75, 3.05) is 12.8 Å². The van der Waals surface area contributed by atoms with Gasteiger partial charge in [-0.05, 0) is 32.2 Å². The Labute approximate surface area is 135 Å². The molecule has 0 aliphatic heterocycles. The first kappa shape index (κ1) is 18.4. The SMILES string of the molecule is CSC(C)(C)CNS(=O)(=O)c1cc(Br)cc(C(=O)O)c1F. The molecule has 9 heteroatoms. The second-order valence-electron chi connectivity index (χ2n) is 4.86. The topological polar surface area (TPSA) is 83.5 Å². The number of halogens is 2. The summed E-state index contributed by atoms with van der Waals surface area (Å²) >= 11 is 4.44. The largest absolute Gasteiger partial charge is 0.478 e. The summed E-state index contributed by atoms with van der Waals surface area (Å²) in [5.74, 6) is -2.81. The molecule has 0 atom stereocenters. The molecule has 0 aliphatic rings. The lowest BCUT2D eigenvalue weighted by atomic mass is 10.2. The molecule has 0 radical (unpaired) electrons. The summed E-state index contributed by atoms with van der Waals surface area (Å²) in [6.07, 6.45) is 1.83. The lowest BCUT2D eigenvalue weighted by Gasteiger charge is -2.22. The van der Waals surface area contributed by atoms with Crippen LogP contribution in [0, 0.1) is 5.82 Å². The molecule has 0 saturated heterocycles. The van der Waals surface area contributed by atoms with Crippen LogP contribution in [0.2, 0.25) is 0 Å². The summed E-state index contributed by atoms with van der Waals surface area (Å²) in [4.78, 5) is 10.2. The molecule has 0 aliphatic carbocycles. The summed E-state index contributed by atoms with van der Waals surface area (Å²) in [5, 5.41) is 8.90. The van der Waals surface area contributed by atoms with Crippen molar-refractivity contribution in [2.45, 2.75) is 23.5 Å². The number of carboxylic acids is 1. The third-order valence-corrected chi connectivity index (χ3v) is 5.87. The van der Waals surface area contributed by atoms with Crippen LogP contribution < -0.4 is 4.72 Å². The average molecular weight is 400 g/mol. The van der Waals surface area contributed by atoms with Crippen LogP contribution in [0.4, 0.5) is 4.39 Å². The lowest BCUT2D eigenvalue weighted by molar-refractivity contribution is 0.0691. The van der Waals surface area contributed by atoms with Gasteiger partial charge in [0.15, 0.2) is 5.82 Å². The van der Waals surface area contributed by atoms with Crippen molar-refractivity contribution in [3.8, 4) is 0 Å². The van der Waals surface area contributed by atoms with Gasteiger partial charge >= 0.3 is 5.97 Å². The fraction of sp³-hybridized carbons (Fsp3) is 0.417. The number of carboxylic acid groups (broad SMARTS) is 1. The van der Waals surface area contributed by atoms with Gasteiger partial charge in [-0.1, -0.05) is 15.9 Å². The minimum atomic E-state index is -4.14. The first-order valence-electron chi connectivity index (χ1n) is 5.77. The van der Waals surface area contributed by atoms with Crippen LogP contribution in [-0.4, -0.2) is 37.0 Å². The molecule has 0 fully saturated rings. The smallest absolute Gasteiger partial charge is 0.338 e. The summed E-state index contributed by atoms with van der Waals surface area (Å²) in [6, 6.07) is 2.05. The Morgan fingerprint density at radius 1 is 1.48 bits per heavy atom. The van der Waals surface area contributed by atoms with Crippen molar-refractivity contribution in [1.29, 1.82) is 0 Å². The Morgan fingerprint density at radius 3 is 2.52 bits per heavy atom. The van der Waals surface area contributed by atoms with Crippen LogP contribution >= 0.6 is 27.7 Å². The van der Waals surface area contributed by atoms with Crippen molar-refractivity contribution in [3.63, 3.8) is 0 Å². The van der Waals surface area contributed by atoms with E-state index in [4.69, 9.17) is 5.11 Å². The number of nitrogens with one attached hydrogen (secondary N) is 1. The van der Waals surface area contributed by atoms with E-state index < -0.39 is 32.3 Å². The van der Waals surface area contributed by atoms with E-state index in [0.717, 1.165) is 12.1 Å². The van der Waals surface area contributed by atoms with E-state index >= 15 is 0 Å². The Kier molecular flexibility index (Phi) is 5.82. The van der Waals surface area contributed by atoms with Gasteiger partial charge < -0.3 is 5.11 Å². The number of thioether (sulfide) groups is 1. The van der Waals surface area contributed by atoms with E-state index in [0.29, 0.717) is 0 Å². The predicted octanol–water partition coefficient (Wildman–Crippen LogP) is 2.71.